The van der Waals surface area contributed by atoms with Crippen molar-refractivity contribution in [3.63, 3.8) is 0 Å². The minimum atomic E-state index is -0.0861. The van der Waals surface area contributed by atoms with Gasteiger partial charge in [-0.2, -0.15) is 0 Å². The first kappa shape index (κ1) is 20.8. The number of rotatable bonds is 5. The van der Waals surface area contributed by atoms with E-state index in [2.05, 4.69) is 37.2 Å². The van der Waals surface area contributed by atoms with Crippen LogP contribution in [0.5, 0.6) is 5.88 Å². The number of anilines is 2. The van der Waals surface area contributed by atoms with Crippen LogP contribution in [0.1, 0.15) is 24.3 Å². The predicted molar refractivity (Wildman–Crippen MR) is 120 cm³/mol. The maximum atomic E-state index is 12.8. The summed E-state index contributed by atoms with van der Waals surface area (Å²) in [6, 6.07) is 9.65. The van der Waals surface area contributed by atoms with Crippen molar-refractivity contribution in [2.75, 3.05) is 50.1 Å². The fourth-order valence-corrected chi connectivity index (χ4v) is 3.54. The Morgan fingerprint density at radius 2 is 1.81 bits per heavy atom. The molecule has 31 heavy (non-hydrogen) atoms. The van der Waals surface area contributed by atoms with Crippen LogP contribution < -0.4 is 14.5 Å². The van der Waals surface area contributed by atoms with E-state index in [4.69, 9.17) is 4.74 Å². The summed E-state index contributed by atoms with van der Waals surface area (Å²) in [7, 11) is 3.78. The third-order valence-corrected chi connectivity index (χ3v) is 5.19. The number of amides is 1. The summed E-state index contributed by atoms with van der Waals surface area (Å²) in [5.74, 6) is 1.23. The van der Waals surface area contributed by atoms with Gasteiger partial charge >= 0.3 is 0 Å². The Labute approximate surface area is 181 Å². The van der Waals surface area contributed by atoms with E-state index in [0.29, 0.717) is 24.7 Å². The van der Waals surface area contributed by atoms with Crippen molar-refractivity contribution < 1.29 is 9.53 Å². The first-order valence-electron chi connectivity index (χ1n) is 10.4. The lowest BCUT2D eigenvalue weighted by Gasteiger charge is -2.36. The number of fused-ring (bicyclic) bond motifs is 1. The van der Waals surface area contributed by atoms with Gasteiger partial charge < -0.3 is 19.4 Å². The molecular weight excluding hydrogens is 394 g/mol. The molecule has 0 bridgehead atoms. The SMILES string of the molecule is CC(C)Oc1ncnc2ccc(N3CCN(C(=O)c4ccc(N(C)C)nn4)CC3)cc12. The van der Waals surface area contributed by atoms with Gasteiger partial charge in [0.2, 0.25) is 5.88 Å². The van der Waals surface area contributed by atoms with Gasteiger partial charge in [-0.1, -0.05) is 0 Å². The smallest absolute Gasteiger partial charge is 0.274 e. The van der Waals surface area contributed by atoms with Crippen LogP contribution in [0.4, 0.5) is 11.5 Å². The Morgan fingerprint density at radius 1 is 1.03 bits per heavy atom. The second kappa shape index (κ2) is 8.71. The lowest BCUT2D eigenvalue weighted by Crippen LogP contribution is -2.49. The van der Waals surface area contributed by atoms with E-state index >= 15 is 0 Å². The summed E-state index contributed by atoms with van der Waals surface area (Å²) in [5, 5.41) is 9.10. The number of nitrogens with zero attached hydrogens (tertiary/aromatic N) is 7. The van der Waals surface area contributed by atoms with E-state index in [1.165, 1.54) is 6.33 Å². The number of piperazine rings is 1. The number of hydrogen-bond acceptors (Lipinski definition) is 8. The highest BCUT2D eigenvalue weighted by Crippen LogP contribution is 2.28. The molecule has 9 nitrogen and oxygen atoms in total. The Kier molecular flexibility index (Phi) is 5.83. The summed E-state index contributed by atoms with van der Waals surface area (Å²) >= 11 is 0. The first-order chi connectivity index (χ1) is 14.9. The van der Waals surface area contributed by atoms with Crippen molar-refractivity contribution in [2.24, 2.45) is 0 Å². The molecule has 0 radical (unpaired) electrons. The van der Waals surface area contributed by atoms with E-state index in [9.17, 15) is 4.79 Å². The molecule has 0 spiro atoms. The Balaban J connectivity index is 1.45. The number of ether oxygens (including phenoxy) is 1. The van der Waals surface area contributed by atoms with Crippen LogP contribution in [0.15, 0.2) is 36.7 Å². The lowest BCUT2D eigenvalue weighted by atomic mass is 10.1. The molecule has 9 heteroatoms. The molecule has 2 aromatic heterocycles. The zero-order valence-electron chi connectivity index (χ0n) is 18.3. The summed E-state index contributed by atoms with van der Waals surface area (Å²) < 4.78 is 5.85. The van der Waals surface area contributed by atoms with E-state index in [1.54, 1.807) is 6.07 Å². The Bertz CT molecular complexity index is 1060. The minimum absolute atomic E-state index is 0.0335. The van der Waals surface area contributed by atoms with Gasteiger partial charge in [0.25, 0.3) is 5.91 Å². The molecule has 1 saturated heterocycles. The van der Waals surface area contributed by atoms with Crippen molar-refractivity contribution >= 4 is 28.3 Å². The van der Waals surface area contributed by atoms with Gasteiger partial charge in [-0.05, 0) is 44.2 Å². The van der Waals surface area contributed by atoms with Crippen LogP contribution >= 0.6 is 0 Å². The van der Waals surface area contributed by atoms with E-state index in [0.717, 1.165) is 35.5 Å². The summed E-state index contributed by atoms with van der Waals surface area (Å²) in [5.41, 5.74) is 2.29. The fourth-order valence-electron chi connectivity index (χ4n) is 3.54. The van der Waals surface area contributed by atoms with Crippen molar-refractivity contribution in [1.29, 1.82) is 0 Å². The molecule has 0 N–H and O–H groups in total. The van der Waals surface area contributed by atoms with Gasteiger partial charge in [-0.25, -0.2) is 9.97 Å². The highest BCUT2D eigenvalue weighted by molar-refractivity contribution is 5.92. The molecule has 1 fully saturated rings. The number of hydrogen-bond donors (Lipinski definition) is 0. The van der Waals surface area contributed by atoms with Gasteiger partial charge in [-0.15, -0.1) is 10.2 Å². The minimum Gasteiger partial charge on any atom is -0.474 e. The second-order valence-electron chi connectivity index (χ2n) is 8.00. The van der Waals surface area contributed by atoms with Crippen LogP contribution in [-0.2, 0) is 0 Å². The predicted octanol–water partition coefficient (Wildman–Crippen LogP) is 2.24. The molecule has 1 aliphatic heterocycles. The highest BCUT2D eigenvalue weighted by atomic mass is 16.5. The molecule has 1 amide bonds. The van der Waals surface area contributed by atoms with E-state index in [1.807, 2.05) is 49.9 Å². The molecule has 0 saturated carbocycles. The van der Waals surface area contributed by atoms with Crippen LogP contribution in [0.2, 0.25) is 0 Å². The fraction of sp³-hybridized carbons (Fsp3) is 0.409. The average molecular weight is 422 g/mol. The number of aromatic nitrogens is 4. The van der Waals surface area contributed by atoms with E-state index < -0.39 is 0 Å². The molecule has 162 valence electrons. The van der Waals surface area contributed by atoms with Crippen LogP contribution in [0.25, 0.3) is 10.9 Å². The number of benzene rings is 1. The van der Waals surface area contributed by atoms with Gasteiger partial charge in [0, 0.05) is 46.0 Å². The molecule has 1 aromatic carbocycles. The Hall–Kier alpha value is -3.49. The van der Waals surface area contributed by atoms with Gasteiger partial charge in [0.15, 0.2) is 11.5 Å². The van der Waals surface area contributed by atoms with Crippen LogP contribution in [0.3, 0.4) is 0 Å². The second-order valence-corrected chi connectivity index (χ2v) is 8.00. The van der Waals surface area contributed by atoms with E-state index in [-0.39, 0.29) is 12.0 Å². The van der Waals surface area contributed by atoms with Crippen molar-refractivity contribution in [2.45, 2.75) is 20.0 Å². The summed E-state index contributed by atoms with van der Waals surface area (Å²) in [6.45, 7) is 6.66. The quantitative estimate of drug-likeness (QED) is 0.620. The largest absolute Gasteiger partial charge is 0.474 e. The van der Waals surface area contributed by atoms with Gasteiger partial charge in [0.1, 0.15) is 6.33 Å². The topological polar surface area (TPSA) is 87.6 Å². The van der Waals surface area contributed by atoms with Crippen LogP contribution in [0, 0.1) is 0 Å². The van der Waals surface area contributed by atoms with Crippen molar-refractivity contribution in [3.05, 3.63) is 42.4 Å². The highest BCUT2D eigenvalue weighted by Gasteiger charge is 2.24. The molecule has 0 atom stereocenters. The molecule has 3 aromatic rings. The maximum Gasteiger partial charge on any atom is 0.274 e. The average Bonchev–Trinajstić information content (AvgIpc) is 2.78. The molecule has 0 unspecified atom stereocenters. The number of carbonyl (C=O) groups is 1. The van der Waals surface area contributed by atoms with Gasteiger partial charge in [-0.3, -0.25) is 4.79 Å². The molecule has 3 heterocycles. The summed E-state index contributed by atoms with van der Waals surface area (Å²) in [4.78, 5) is 27.4. The van der Waals surface area contributed by atoms with Crippen molar-refractivity contribution in [1.82, 2.24) is 25.1 Å². The molecule has 0 aliphatic carbocycles. The molecular formula is C22H27N7O2. The normalized spacial score (nSPS) is 14.2. The maximum absolute atomic E-state index is 12.8. The first-order valence-corrected chi connectivity index (χ1v) is 10.4. The Morgan fingerprint density at radius 3 is 2.45 bits per heavy atom. The lowest BCUT2D eigenvalue weighted by molar-refractivity contribution is 0.0739. The van der Waals surface area contributed by atoms with Crippen molar-refractivity contribution in [3.8, 4) is 5.88 Å². The molecule has 4 rings (SSSR count). The van der Waals surface area contributed by atoms with Gasteiger partial charge in [0.05, 0.1) is 17.0 Å². The zero-order chi connectivity index (χ0) is 22.0. The van der Waals surface area contributed by atoms with Crippen LogP contribution in [-0.4, -0.2) is 77.4 Å². The third-order valence-electron chi connectivity index (χ3n) is 5.19. The zero-order valence-corrected chi connectivity index (χ0v) is 18.3. The summed E-state index contributed by atoms with van der Waals surface area (Å²) in [6.07, 6.45) is 1.56. The third kappa shape index (κ3) is 4.50. The monoisotopic (exact) mass is 421 g/mol. The standard InChI is InChI=1S/C22H27N7O2/c1-15(2)31-21-17-13-16(5-6-18(17)23-14-24-21)28-9-11-29(12-10-28)22(30)19-7-8-20(26-25-19)27(3)4/h5-8,13-15H,9-12H2,1-4H3. The number of carbonyl (C=O) groups excluding carboxylic acids is 1. The molecule has 1 aliphatic rings.